The zero-order valence-electron chi connectivity index (χ0n) is 20.6. The van der Waals surface area contributed by atoms with Gasteiger partial charge in [-0.25, -0.2) is 0 Å². The van der Waals surface area contributed by atoms with Crippen LogP contribution >= 0.6 is 11.3 Å². The van der Waals surface area contributed by atoms with Crippen molar-refractivity contribution in [2.45, 2.75) is 33.6 Å². The van der Waals surface area contributed by atoms with Gasteiger partial charge in [-0.15, -0.1) is 11.3 Å². The van der Waals surface area contributed by atoms with Gasteiger partial charge in [-0.3, -0.25) is 14.2 Å². The molecule has 2 aromatic carbocycles. The predicted octanol–water partition coefficient (Wildman–Crippen LogP) is 2.95. The molecule has 8 heteroatoms. The normalized spacial score (nSPS) is 12.2. The lowest BCUT2D eigenvalue weighted by molar-refractivity contribution is -0.115. The Balaban J connectivity index is 2.35. The van der Waals surface area contributed by atoms with Gasteiger partial charge >= 0.3 is 0 Å². The molecule has 0 aliphatic rings. The Labute approximate surface area is 208 Å². The van der Waals surface area contributed by atoms with E-state index >= 15 is 0 Å². The number of nitrogens with zero attached hydrogens (tertiary/aromatic N) is 2. The number of aromatic nitrogens is 1. The molecule has 0 unspecified atom stereocenters. The number of methoxy groups -OCH3 is 2. The average Bonchev–Trinajstić information content (AvgIpc) is 3.15. The lowest BCUT2D eigenvalue weighted by Gasteiger charge is -2.09. The SMILES string of the molecule is CCCCNC(=O)/C(C#N)=c1\s/c(=C\c2ccc(OC)cc2OC)c(=O)n1-c1ccc(C)cc1C. The van der Waals surface area contributed by atoms with Crippen LogP contribution in [0.5, 0.6) is 11.5 Å². The maximum Gasteiger partial charge on any atom is 0.273 e. The van der Waals surface area contributed by atoms with E-state index in [9.17, 15) is 14.9 Å². The van der Waals surface area contributed by atoms with Crippen LogP contribution < -0.4 is 29.5 Å². The molecule has 0 bridgehead atoms. The van der Waals surface area contributed by atoms with Gasteiger partial charge in [0.25, 0.3) is 11.5 Å². The van der Waals surface area contributed by atoms with Crippen molar-refractivity contribution in [3.63, 3.8) is 0 Å². The van der Waals surface area contributed by atoms with Crippen molar-refractivity contribution in [3.8, 4) is 23.3 Å². The minimum atomic E-state index is -0.491. The maximum absolute atomic E-state index is 13.7. The molecular weight excluding hydrogens is 462 g/mol. The fourth-order valence-electron chi connectivity index (χ4n) is 3.67. The first-order chi connectivity index (χ1) is 16.8. The zero-order valence-corrected chi connectivity index (χ0v) is 21.4. The van der Waals surface area contributed by atoms with Gasteiger partial charge in [0.15, 0.2) is 5.57 Å². The fraction of sp³-hybridized carbons (Fsp3) is 0.296. The second-order valence-electron chi connectivity index (χ2n) is 8.05. The van der Waals surface area contributed by atoms with Gasteiger partial charge in [-0.1, -0.05) is 31.0 Å². The summed E-state index contributed by atoms with van der Waals surface area (Å²) in [5.74, 6) is 0.676. The summed E-state index contributed by atoms with van der Waals surface area (Å²) in [6.07, 6.45) is 3.42. The van der Waals surface area contributed by atoms with E-state index in [1.807, 2.05) is 45.0 Å². The number of nitrogens with one attached hydrogen (secondary N) is 1. The smallest absolute Gasteiger partial charge is 0.273 e. The summed E-state index contributed by atoms with van der Waals surface area (Å²) in [6, 6.07) is 13.0. The Hall–Kier alpha value is -3.83. The summed E-state index contributed by atoms with van der Waals surface area (Å²) in [4.78, 5) is 26.6. The first-order valence-electron chi connectivity index (χ1n) is 11.3. The van der Waals surface area contributed by atoms with E-state index < -0.39 is 5.91 Å². The third kappa shape index (κ3) is 5.64. The van der Waals surface area contributed by atoms with Crippen molar-refractivity contribution in [3.05, 3.63) is 72.6 Å². The fourth-order valence-corrected chi connectivity index (χ4v) is 4.75. The minimum Gasteiger partial charge on any atom is -0.497 e. The summed E-state index contributed by atoms with van der Waals surface area (Å²) in [6.45, 7) is 6.35. The number of benzene rings is 2. The topological polar surface area (TPSA) is 93.4 Å². The molecule has 0 aliphatic carbocycles. The second kappa shape index (κ2) is 11.5. The standard InChI is InChI=1S/C27H29N3O4S/c1-6-7-12-29-25(31)21(16-28)27-30(22-11-8-17(2)13-18(22)3)26(32)24(35-27)14-19-9-10-20(33-4)15-23(19)34-5/h8-11,13-15H,6-7,12H2,1-5H3,(H,29,31)/b24-14-,27-21-. The quantitative estimate of drug-likeness (QED) is 0.489. The summed E-state index contributed by atoms with van der Waals surface area (Å²) >= 11 is 1.11. The minimum absolute atomic E-state index is 0.0930. The van der Waals surface area contributed by atoms with Crippen molar-refractivity contribution in [1.29, 1.82) is 5.26 Å². The van der Waals surface area contributed by atoms with E-state index in [-0.39, 0.29) is 15.8 Å². The first kappa shape index (κ1) is 25.8. The highest BCUT2D eigenvalue weighted by molar-refractivity contribution is 7.07. The Morgan fingerprint density at radius 1 is 1.17 bits per heavy atom. The molecule has 1 aromatic heterocycles. The number of aryl methyl sites for hydroxylation is 2. The zero-order chi connectivity index (χ0) is 25.5. The number of carbonyl (C=O) groups excluding carboxylic acids is 1. The largest absolute Gasteiger partial charge is 0.497 e. The van der Waals surface area contributed by atoms with Crippen molar-refractivity contribution in [2.75, 3.05) is 20.8 Å². The molecule has 0 fully saturated rings. The summed E-state index contributed by atoms with van der Waals surface area (Å²) in [5.41, 5.74) is 2.81. The monoisotopic (exact) mass is 491 g/mol. The molecule has 0 saturated carbocycles. The number of hydrogen-bond donors (Lipinski definition) is 1. The van der Waals surface area contributed by atoms with Gasteiger partial charge in [0, 0.05) is 18.2 Å². The highest BCUT2D eigenvalue weighted by Gasteiger charge is 2.18. The highest BCUT2D eigenvalue weighted by Crippen LogP contribution is 2.25. The van der Waals surface area contributed by atoms with Crippen LogP contribution in [0.4, 0.5) is 0 Å². The Bertz CT molecular complexity index is 1460. The molecule has 7 nitrogen and oxygen atoms in total. The maximum atomic E-state index is 13.7. The van der Waals surface area contributed by atoms with Crippen LogP contribution in [0, 0.1) is 25.2 Å². The van der Waals surface area contributed by atoms with E-state index in [0.29, 0.717) is 33.8 Å². The van der Waals surface area contributed by atoms with Crippen LogP contribution in [-0.4, -0.2) is 31.2 Å². The third-order valence-corrected chi connectivity index (χ3v) is 6.61. The number of rotatable bonds is 8. The lowest BCUT2D eigenvalue weighted by atomic mass is 10.1. The molecular formula is C27H29N3O4S. The van der Waals surface area contributed by atoms with Crippen LogP contribution in [0.15, 0.2) is 41.2 Å². The van der Waals surface area contributed by atoms with Crippen LogP contribution in [-0.2, 0) is 4.79 Å². The molecule has 0 aliphatic heterocycles. The molecule has 35 heavy (non-hydrogen) atoms. The Morgan fingerprint density at radius 2 is 1.94 bits per heavy atom. The van der Waals surface area contributed by atoms with Crippen molar-refractivity contribution in [1.82, 2.24) is 9.88 Å². The number of hydrogen-bond acceptors (Lipinski definition) is 6. The molecule has 3 rings (SSSR count). The highest BCUT2D eigenvalue weighted by atomic mass is 32.1. The number of amides is 1. The molecule has 0 radical (unpaired) electrons. The average molecular weight is 492 g/mol. The summed E-state index contributed by atoms with van der Waals surface area (Å²) in [5, 5.41) is 12.7. The number of nitriles is 1. The van der Waals surface area contributed by atoms with Crippen LogP contribution in [0.25, 0.3) is 17.3 Å². The molecule has 1 heterocycles. The van der Waals surface area contributed by atoms with Gasteiger partial charge in [0.2, 0.25) is 0 Å². The Morgan fingerprint density at radius 3 is 2.57 bits per heavy atom. The van der Waals surface area contributed by atoms with E-state index in [2.05, 4.69) is 5.32 Å². The van der Waals surface area contributed by atoms with Crippen LogP contribution in [0.3, 0.4) is 0 Å². The predicted molar refractivity (Wildman–Crippen MR) is 139 cm³/mol. The molecule has 1 N–H and O–H groups in total. The first-order valence-corrected chi connectivity index (χ1v) is 12.1. The number of ether oxygens (including phenoxy) is 2. The van der Waals surface area contributed by atoms with Gasteiger partial charge < -0.3 is 14.8 Å². The van der Waals surface area contributed by atoms with Gasteiger partial charge in [-0.05, 0) is 50.1 Å². The number of unbranched alkanes of at least 4 members (excludes halogenated alkanes) is 1. The van der Waals surface area contributed by atoms with Crippen molar-refractivity contribution >= 4 is 28.9 Å². The van der Waals surface area contributed by atoms with Crippen LogP contribution in [0.1, 0.15) is 36.5 Å². The molecule has 0 spiro atoms. The molecule has 182 valence electrons. The number of carbonyl (C=O) groups is 1. The molecule has 3 aromatic rings. The van der Waals surface area contributed by atoms with Gasteiger partial charge in [0.05, 0.1) is 24.4 Å². The summed E-state index contributed by atoms with van der Waals surface area (Å²) in [7, 11) is 3.11. The lowest BCUT2D eigenvalue weighted by Crippen LogP contribution is -2.34. The Kier molecular flexibility index (Phi) is 8.50. The second-order valence-corrected chi connectivity index (χ2v) is 9.08. The van der Waals surface area contributed by atoms with E-state index in [0.717, 1.165) is 35.3 Å². The van der Waals surface area contributed by atoms with Crippen molar-refractivity contribution in [2.24, 2.45) is 0 Å². The molecule has 1 amide bonds. The van der Waals surface area contributed by atoms with Gasteiger partial charge in [0.1, 0.15) is 22.2 Å². The van der Waals surface area contributed by atoms with Crippen LogP contribution in [0.2, 0.25) is 0 Å². The van der Waals surface area contributed by atoms with E-state index in [4.69, 9.17) is 9.47 Å². The van der Waals surface area contributed by atoms with Crippen molar-refractivity contribution < 1.29 is 14.3 Å². The van der Waals surface area contributed by atoms with E-state index in [1.165, 1.54) is 4.57 Å². The number of thiazole rings is 1. The third-order valence-electron chi connectivity index (χ3n) is 5.51. The van der Waals surface area contributed by atoms with Gasteiger partial charge in [-0.2, -0.15) is 5.26 Å². The molecule has 0 saturated heterocycles. The van der Waals surface area contributed by atoms with E-state index in [1.54, 1.807) is 38.5 Å². The summed E-state index contributed by atoms with van der Waals surface area (Å²) < 4.78 is 12.9. The molecule has 0 atom stereocenters.